The van der Waals surface area contributed by atoms with Gasteiger partial charge in [-0.15, -0.1) is 11.3 Å². The zero-order valence-corrected chi connectivity index (χ0v) is 15.2. The van der Waals surface area contributed by atoms with E-state index in [0.29, 0.717) is 48.6 Å². The van der Waals surface area contributed by atoms with Gasteiger partial charge in [-0.1, -0.05) is 12.1 Å². The molecule has 0 aliphatic carbocycles. The minimum absolute atomic E-state index is 0.0172. The molecule has 0 spiro atoms. The quantitative estimate of drug-likeness (QED) is 0.835. The summed E-state index contributed by atoms with van der Waals surface area (Å²) in [7, 11) is 1.54. The second kappa shape index (κ2) is 8.63. The third-order valence-corrected chi connectivity index (χ3v) is 4.63. The Kier molecular flexibility index (Phi) is 6.03. The van der Waals surface area contributed by atoms with Crippen LogP contribution in [0.2, 0.25) is 0 Å². The summed E-state index contributed by atoms with van der Waals surface area (Å²) in [6, 6.07) is 6.70. The Hall–Kier alpha value is -2.65. The molecule has 3 amide bonds. The summed E-state index contributed by atoms with van der Waals surface area (Å²) in [5, 5.41) is 7.59. The number of para-hydroxylation sites is 2. The smallest absolute Gasteiger partial charge is 0.325 e. The summed E-state index contributed by atoms with van der Waals surface area (Å²) in [4.78, 5) is 30.4. The van der Waals surface area contributed by atoms with Gasteiger partial charge in [0.05, 0.1) is 38.1 Å². The van der Waals surface area contributed by atoms with Crippen molar-refractivity contribution in [3.63, 3.8) is 0 Å². The molecule has 0 radical (unpaired) electrons. The third kappa shape index (κ3) is 4.70. The van der Waals surface area contributed by atoms with Gasteiger partial charge in [-0.25, -0.2) is 9.78 Å². The molecule has 1 aliphatic heterocycles. The lowest BCUT2D eigenvalue weighted by Crippen LogP contribution is -2.41. The molecule has 3 rings (SSSR count). The summed E-state index contributed by atoms with van der Waals surface area (Å²) >= 11 is 1.28. The summed E-state index contributed by atoms with van der Waals surface area (Å²) in [6.07, 6.45) is 0.215. The number of nitrogens with zero attached hydrogens (tertiary/aromatic N) is 2. The van der Waals surface area contributed by atoms with E-state index in [1.807, 2.05) is 6.07 Å². The maximum Gasteiger partial charge on any atom is 0.325 e. The highest BCUT2D eigenvalue weighted by atomic mass is 32.1. The van der Waals surface area contributed by atoms with Crippen molar-refractivity contribution in [3.8, 4) is 5.75 Å². The Morgan fingerprint density at radius 3 is 2.81 bits per heavy atom. The highest BCUT2D eigenvalue weighted by Gasteiger charge is 2.18. The largest absolute Gasteiger partial charge is 0.495 e. The fraction of sp³-hybridized carbons (Fsp3) is 0.353. The number of methoxy groups -OCH3 is 1. The van der Waals surface area contributed by atoms with Crippen molar-refractivity contribution in [1.82, 2.24) is 9.88 Å². The number of urea groups is 1. The molecule has 2 heterocycles. The number of hydrogen-bond acceptors (Lipinski definition) is 6. The van der Waals surface area contributed by atoms with E-state index < -0.39 is 6.03 Å². The molecule has 0 bridgehead atoms. The molecule has 26 heavy (non-hydrogen) atoms. The number of ether oxygens (including phenoxy) is 2. The van der Waals surface area contributed by atoms with E-state index >= 15 is 0 Å². The van der Waals surface area contributed by atoms with E-state index in [2.05, 4.69) is 15.6 Å². The number of thiazole rings is 1. The number of nitrogens with one attached hydrogen (secondary N) is 2. The summed E-state index contributed by atoms with van der Waals surface area (Å²) in [6.45, 7) is 2.35. The van der Waals surface area contributed by atoms with Gasteiger partial charge in [0.1, 0.15) is 5.75 Å². The van der Waals surface area contributed by atoms with E-state index in [1.165, 1.54) is 18.4 Å². The fourth-order valence-electron chi connectivity index (χ4n) is 2.52. The van der Waals surface area contributed by atoms with Crippen molar-refractivity contribution in [2.75, 3.05) is 44.0 Å². The molecule has 0 saturated carbocycles. The highest BCUT2D eigenvalue weighted by molar-refractivity contribution is 7.14. The number of aromatic nitrogens is 1. The number of carbonyl (C=O) groups is 2. The van der Waals surface area contributed by atoms with Crippen LogP contribution in [0, 0.1) is 0 Å². The summed E-state index contributed by atoms with van der Waals surface area (Å²) in [5.41, 5.74) is 1.20. The average Bonchev–Trinajstić information content (AvgIpc) is 3.09. The first-order valence-electron chi connectivity index (χ1n) is 8.16. The molecular weight excluding hydrogens is 356 g/mol. The number of rotatable bonds is 5. The maximum absolute atomic E-state index is 12.2. The first-order chi connectivity index (χ1) is 12.7. The lowest BCUT2D eigenvalue weighted by Gasteiger charge is -2.26. The van der Waals surface area contributed by atoms with Gasteiger partial charge in [0.25, 0.3) is 0 Å². The van der Waals surface area contributed by atoms with E-state index in [0.717, 1.165) is 0 Å². The Morgan fingerprint density at radius 2 is 2.04 bits per heavy atom. The van der Waals surface area contributed by atoms with Crippen LogP contribution in [0.25, 0.3) is 0 Å². The molecule has 8 nitrogen and oxygen atoms in total. The van der Waals surface area contributed by atoms with Gasteiger partial charge in [0.2, 0.25) is 5.91 Å². The molecule has 0 atom stereocenters. The molecule has 1 aliphatic rings. The van der Waals surface area contributed by atoms with Crippen LogP contribution in [0.3, 0.4) is 0 Å². The highest BCUT2D eigenvalue weighted by Crippen LogP contribution is 2.23. The standard InChI is InChI=1S/C17H20N4O4S/c1-24-14-5-3-2-4-13(14)19-16(23)20-17-18-12(11-26-17)10-15(22)21-6-8-25-9-7-21/h2-5,11H,6-10H2,1H3,(H2,18,19,20,23). The number of amides is 3. The average molecular weight is 376 g/mol. The van der Waals surface area contributed by atoms with Gasteiger partial charge >= 0.3 is 6.03 Å². The fourth-order valence-corrected chi connectivity index (χ4v) is 3.23. The molecule has 0 unspecified atom stereocenters. The number of hydrogen-bond donors (Lipinski definition) is 2. The molecule has 1 aromatic heterocycles. The van der Waals surface area contributed by atoms with Crippen LogP contribution >= 0.6 is 11.3 Å². The van der Waals surface area contributed by atoms with Crippen LogP contribution in [0.15, 0.2) is 29.6 Å². The first-order valence-corrected chi connectivity index (χ1v) is 9.04. The SMILES string of the molecule is COc1ccccc1NC(=O)Nc1nc(CC(=O)N2CCOCC2)cs1. The van der Waals surface area contributed by atoms with Crippen LogP contribution in [-0.2, 0) is 16.0 Å². The van der Waals surface area contributed by atoms with Gasteiger partial charge in [-0.2, -0.15) is 0 Å². The zero-order chi connectivity index (χ0) is 18.4. The second-order valence-corrected chi connectivity index (χ2v) is 6.45. The molecule has 2 aromatic rings. The summed E-state index contributed by atoms with van der Waals surface area (Å²) < 4.78 is 10.4. The van der Waals surface area contributed by atoms with Crippen LogP contribution in [0.1, 0.15) is 5.69 Å². The molecule has 9 heteroatoms. The minimum Gasteiger partial charge on any atom is -0.495 e. The van der Waals surface area contributed by atoms with Gasteiger partial charge < -0.3 is 19.7 Å². The molecular formula is C17H20N4O4S. The lowest BCUT2D eigenvalue weighted by atomic mass is 10.3. The second-order valence-electron chi connectivity index (χ2n) is 5.59. The third-order valence-electron chi connectivity index (χ3n) is 3.82. The van der Waals surface area contributed by atoms with Gasteiger partial charge in [0.15, 0.2) is 5.13 Å². The normalized spacial score (nSPS) is 14.0. The lowest BCUT2D eigenvalue weighted by molar-refractivity contribution is -0.134. The van der Waals surface area contributed by atoms with E-state index in [9.17, 15) is 9.59 Å². The predicted octanol–water partition coefficient (Wildman–Crippen LogP) is 2.20. The van der Waals surface area contributed by atoms with Crippen LogP contribution in [0.5, 0.6) is 5.75 Å². The number of anilines is 2. The zero-order valence-electron chi connectivity index (χ0n) is 14.4. The maximum atomic E-state index is 12.2. The van der Waals surface area contributed by atoms with E-state index in [1.54, 1.807) is 28.5 Å². The van der Waals surface area contributed by atoms with Crippen molar-refractivity contribution in [2.24, 2.45) is 0 Å². The summed E-state index contributed by atoms with van der Waals surface area (Å²) in [5.74, 6) is 0.585. The van der Waals surface area contributed by atoms with Crippen LogP contribution in [-0.4, -0.2) is 55.2 Å². The van der Waals surface area contributed by atoms with Crippen molar-refractivity contribution in [1.29, 1.82) is 0 Å². The van der Waals surface area contributed by atoms with Crippen molar-refractivity contribution >= 4 is 34.1 Å². The van der Waals surface area contributed by atoms with E-state index in [4.69, 9.17) is 9.47 Å². The monoisotopic (exact) mass is 376 g/mol. The van der Waals surface area contributed by atoms with Crippen molar-refractivity contribution in [3.05, 3.63) is 35.3 Å². The molecule has 2 N–H and O–H groups in total. The van der Waals surface area contributed by atoms with Crippen molar-refractivity contribution < 1.29 is 19.1 Å². The topological polar surface area (TPSA) is 92.8 Å². The first kappa shape index (κ1) is 18.2. The molecule has 1 fully saturated rings. The van der Waals surface area contributed by atoms with Gasteiger partial charge in [0, 0.05) is 18.5 Å². The molecule has 1 saturated heterocycles. The number of benzene rings is 1. The minimum atomic E-state index is -0.421. The Morgan fingerprint density at radius 1 is 1.27 bits per heavy atom. The number of morpholine rings is 1. The van der Waals surface area contributed by atoms with Crippen LogP contribution in [0.4, 0.5) is 15.6 Å². The Bertz CT molecular complexity index is 774. The van der Waals surface area contributed by atoms with Crippen LogP contribution < -0.4 is 15.4 Å². The van der Waals surface area contributed by atoms with E-state index in [-0.39, 0.29) is 12.3 Å². The van der Waals surface area contributed by atoms with Gasteiger partial charge in [-0.05, 0) is 12.1 Å². The molecule has 1 aromatic carbocycles. The Labute approximate surface area is 155 Å². The molecule has 138 valence electrons. The van der Waals surface area contributed by atoms with Gasteiger partial charge in [-0.3, -0.25) is 10.1 Å². The Balaban J connectivity index is 1.54. The number of carbonyl (C=O) groups excluding carboxylic acids is 2. The van der Waals surface area contributed by atoms with Crippen molar-refractivity contribution in [2.45, 2.75) is 6.42 Å². The predicted molar refractivity (Wildman–Crippen MR) is 98.9 cm³/mol.